The maximum Gasteiger partial charge on any atom is 0.296 e. The van der Waals surface area contributed by atoms with Crippen molar-refractivity contribution in [3.05, 3.63) is 72.3 Å². The lowest BCUT2D eigenvalue weighted by molar-refractivity contribution is -0.124. The smallest absolute Gasteiger partial charge is 0.296 e. The maximum atomic E-state index is 12.0. The number of aryl methyl sites for hydroxylation is 1. The first-order valence-electron chi connectivity index (χ1n) is 10.4. The van der Waals surface area contributed by atoms with Gasteiger partial charge in [0.15, 0.2) is 5.78 Å². The molecule has 0 unspecified atom stereocenters. The number of Topliss-reactive ketones (excluding diaryl/α,β-unsaturated/α-hetero) is 1. The van der Waals surface area contributed by atoms with Crippen LogP contribution in [0.25, 0.3) is 20.8 Å². The van der Waals surface area contributed by atoms with Gasteiger partial charge in [-0.1, -0.05) is 24.3 Å². The molecule has 4 rings (SSSR count). The second-order valence-electron chi connectivity index (χ2n) is 7.63. The number of anilines is 1. The average Bonchev–Trinajstić information content (AvgIpc) is 3.23. The summed E-state index contributed by atoms with van der Waals surface area (Å²) in [4.78, 5) is 28.3. The van der Waals surface area contributed by atoms with Crippen molar-refractivity contribution in [2.75, 3.05) is 11.9 Å². The molecule has 0 spiro atoms. The minimum absolute atomic E-state index is 0.133. The Morgan fingerprint density at radius 2 is 1.74 bits per heavy atom. The van der Waals surface area contributed by atoms with E-state index in [0.717, 1.165) is 16.9 Å². The Balaban J connectivity index is 1.40. The number of amides is 1. The molecule has 1 amide bonds. The fourth-order valence-corrected chi connectivity index (χ4v) is 5.66. The van der Waals surface area contributed by atoms with Gasteiger partial charge < -0.3 is 5.32 Å². The van der Waals surface area contributed by atoms with Gasteiger partial charge in [-0.05, 0) is 55.0 Å². The molecule has 2 N–H and O–H groups in total. The van der Waals surface area contributed by atoms with Crippen molar-refractivity contribution < 1.29 is 22.6 Å². The van der Waals surface area contributed by atoms with Gasteiger partial charge in [0.1, 0.15) is 16.4 Å². The van der Waals surface area contributed by atoms with Gasteiger partial charge >= 0.3 is 0 Å². The summed E-state index contributed by atoms with van der Waals surface area (Å²) in [6.07, 6.45) is -0.296. The van der Waals surface area contributed by atoms with Gasteiger partial charge in [-0.2, -0.15) is 18.6 Å². The third-order valence-corrected chi connectivity index (χ3v) is 7.24. The van der Waals surface area contributed by atoms with Gasteiger partial charge in [0.2, 0.25) is 5.91 Å². The minimum atomic E-state index is -4.39. The van der Waals surface area contributed by atoms with Crippen molar-refractivity contribution in [3.8, 4) is 10.6 Å². The lowest BCUT2D eigenvalue weighted by Crippen LogP contribution is -2.17. The van der Waals surface area contributed by atoms with Gasteiger partial charge in [-0.15, -0.1) is 11.3 Å². The fraction of sp³-hybridized carbons (Fsp3) is 0.125. The molecule has 0 aliphatic rings. The fourth-order valence-electron chi connectivity index (χ4n) is 3.34. The summed E-state index contributed by atoms with van der Waals surface area (Å²) < 4.78 is 33.6. The van der Waals surface area contributed by atoms with Crippen molar-refractivity contribution in [2.45, 2.75) is 18.2 Å². The van der Waals surface area contributed by atoms with Crippen LogP contribution in [-0.2, 0) is 19.7 Å². The lowest BCUT2D eigenvalue weighted by atomic mass is 10.2. The Labute approximate surface area is 205 Å². The number of carbonyl (C=O) groups excluding carboxylic acids is 2. The molecule has 0 saturated carbocycles. The topological polar surface area (TPSA) is 138 Å². The highest BCUT2D eigenvalue weighted by Gasteiger charge is 2.20. The first-order chi connectivity index (χ1) is 16.7. The highest BCUT2D eigenvalue weighted by Crippen LogP contribution is 2.36. The highest BCUT2D eigenvalue weighted by atomic mass is 32.2. The number of azo groups is 1. The Morgan fingerprint density at radius 3 is 2.43 bits per heavy atom. The van der Waals surface area contributed by atoms with E-state index in [1.807, 2.05) is 6.07 Å². The molecule has 1 heterocycles. The van der Waals surface area contributed by atoms with Crippen LogP contribution in [0.15, 0.2) is 81.9 Å². The van der Waals surface area contributed by atoms with Crippen LogP contribution >= 0.6 is 11.3 Å². The number of fused-ring (bicyclic) bond motifs is 1. The van der Waals surface area contributed by atoms with Crippen LogP contribution in [0.4, 0.5) is 11.4 Å². The predicted octanol–water partition coefficient (Wildman–Crippen LogP) is 5.20. The summed E-state index contributed by atoms with van der Waals surface area (Å²) in [6, 6.07) is 19.0. The number of hydrogen-bond acceptors (Lipinski definition) is 8. The van der Waals surface area contributed by atoms with Crippen LogP contribution in [0.2, 0.25) is 0 Å². The minimum Gasteiger partial charge on any atom is -0.326 e. The zero-order chi connectivity index (χ0) is 25.0. The van der Waals surface area contributed by atoms with E-state index in [0.29, 0.717) is 32.2 Å². The Kier molecular flexibility index (Phi) is 7.10. The summed E-state index contributed by atoms with van der Waals surface area (Å²) >= 11 is 1.16. The summed E-state index contributed by atoms with van der Waals surface area (Å²) in [7, 11) is -4.39. The van der Waals surface area contributed by atoms with E-state index in [1.54, 1.807) is 67.6 Å². The second kappa shape index (κ2) is 10.2. The number of carbonyl (C=O) groups is 2. The van der Waals surface area contributed by atoms with Crippen LogP contribution in [0.1, 0.15) is 12.0 Å². The van der Waals surface area contributed by atoms with Gasteiger partial charge in [0.05, 0.1) is 22.3 Å². The molecule has 3 aromatic carbocycles. The lowest BCUT2D eigenvalue weighted by Gasteiger charge is -2.03. The van der Waals surface area contributed by atoms with Gasteiger partial charge in [0.25, 0.3) is 10.1 Å². The van der Waals surface area contributed by atoms with E-state index in [9.17, 15) is 22.6 Å². The molecule has 9 nitrogen and oxygen atoms in total. The molecule has 11 heteroatoms. The van der Waals surface area contributed by atoms with Crippen molar-refractivity contribution in [1.29, 1.82) is 0 Å². The molecule has 35 heavy (non-hydrogen) atoms. The number of nitrogens with zero attached hydrogens (tertiary/aromatic N) is 3. The Hall–Kier alpha value is -3.80. The van der Waals surface area contributed by atoms with E-state index < -0.39 is 16.0 Å². The number of para-hydroxylation sites is 1. The second-order valence-corrected chi connectivity index (χ2v) is 9.99. The zero-order valence-electron chi connectivity index (χ0n) is 18.5. The first kappa shape index (κ1) is 24.3. The molecule has 0 saturated heterocycles. The van der Waals surface area contributed by atoms with E-state index in [4.69, 9.17) is 0 Å². The Bertz CT molecular complexity index is 1530. The summed E-state index contributed by atoms with van der Waals surface area (Å²) in [5.74, 6) is -0.776. The molecule has 0 aliphatic carbocycles. The van der Waals surface area contributed by atoms with Crippen LogP contribution in [-0.4, -0.2) is 36.2 Å². The molecular weight excluding hydrogens is 488 g/mol. The maximum absolute atomic E-state index is 12.0. The number of rotatable bonds is 8. The third kappa shape index (κ3) is 6.01. The highest BCUT2D eigenvalue weighted by molar-refractivity contribution is 7.86. The molecule has 0 atom stereocenters. The number of hydrogen-bond donors (Lipinski definition) is 2. The van der Waals surface area contributed by atoms with Crippen molar-refractivity contribution in [1.82, 2.24) is 4.98 Å². The molecule has 0 fully saturated rings. The van der Waals surface area contributed by atoms with Gasteiger partial charge in [-0.3, -0.25) is 14.1 Å². The van der Waals surface area contributed by atoms with Gasteiger partial charge in [-0.25, -0.2) is 4.98 Å². The summed E-state index contributed by atoms with van der Waals surface area (Å²) in [5.41, 5.74) is 2.77. The van der Waals surface area contributed by atoms with Crippen molar-refractivity contribution in [3.63, 3.8) is 0 Å². The number of nitrogens with one attached hydrogen (secondary N) is 1. The standard InChI is InChI=1S/C24H20N4O5S2/c1-15-7-12-20-22(23(15)35(31,32)33)34-24(27-20)16-8-10-18(11-9-16)28-25-14-19(29)13-21(30)26-17-5-3-2-4-6-17/h2-12H,13-14H2,1H3,(H,26,30)(H,31,32,33). The molecular formula is C24H20N4O5S2. The predicted molar refractivity (Wildman–Crippen MR) is 134 cm³/mol. The van der Waals surface area contributed by atoms with E-state index in [1.165, 1.54) is 0 Å². The number of ketones is 1. The molecule has 0 radical (unpaired) electrons. The molecule has 178 valence electrons. The van der Waals surface area contributed by atoms with E-state index in [2.05, 4.69) is 20.5 Å². The number of aromatic nitrogens is 1. The van der Waals surface area contributed by atoms with Crippen molar-refractivity contribution in [2.24, 2.45) is 10.2 Å². The first-order valence-corrected chi connectivity index (χ1v) is 12.7. The SMILES string of the molecule is Cc1ccc2nc(-c3ccc(N=NCC(=O)CC(=O)Nc4ccccc4)cc3)sc2c1S(=O)(=O)O. The number of benzene rings is 3. The third-order valence-electron chi connectivity index (χ3n) is 4.93. The summed E-state index contributed by atoms with van der Waals surface area (Å²) in [5, 5.41) is 11.1. The molecule has 4 aromatic rings. The van der Waals surface area contributed by atoms with Crippen LogP contribution in [0, 0.1) is 6.92 Å². The largest absolute Gasteiger partial charge is 0.326 e. The normalized spacial score (nSPS) is 11.7. The van der Waals surface area contributed by atoms with Crippen molar-refractivity contribution >= 4 is 54.7 Å². The molecule has 1 aromatic heterocycles. The van der Waals surface area contributed by atoms with E-state index in [-0.39, 0.29) is 23.6 Å². The Morgan fingerprint density at radius 1 is 1.03 bits per heavy atom. The molecule has 0 bridgehead atoms. The zero-order valence-corrected chi connectivity index (χ0v) is 20.1. The molecule has 0 aliphatic heterocycles. The van der Waals surface area contributed by atoms with E-state index >= 15 is 0 Å². The summed E-state index contributed by atoms with van der Waals surface area (Å²) in [6.45, 7) is 1.39. The monoisotopic (exact) mass is 508 g/mol. The van der Waals surface area contributed by atoms with Crippen LogP contribution in [0.5, 0.6) is 0 Å². The van der Waals surface area contributed by atoms with Crippen LogP contribution in [0.3, 0.4) is 0 Å². The quantitative estimate of drug-likeness (QED) is 0.191. The van der Waals surface area contributed by atoms with Crippen LogP contribution < -0.4 is 5.32 Å². The number of thiazole rings is 1. The average molecular weight is 509 g/mol. The van der Waals surface area contributed by atoms with Gasteiger partial charge in [0, 0.05) is 11.3 Å².